The molecule has 1 amide bonds. The van der Waals surface area contributed by atoms with Gasteiger partial charge in [0.15, 0.2) is 0 Å². The Labute approximate surface area is 190 Å². The summed E-state index contributed by atoms with van der Waals surface area (Å²) < 4.78 is 1.95. The van der Waals surface area contributed by atoms with Crippen molar-refractivity contribution in [3.63, 3.8) is 0 Å². The van der Waals surface area contributed by atoms with Gasteiger partial charge in [-0.15, -0.1) is 0 Å². The monoisotopic (exact) mass is 447 g/mol. The van der Waals surface area contributed by atoms with E-state index in [1.165, 1.54) is 12.3 Å². The maximum absolute atomic E-state index is 12.3. The summed E-state index contributed by atoms with van der Waals surface area (Å²) in [4.78, 5) is 38.2. The van der Waals surface area contributed by atoms with Crippen LogP contribution < -0.4 is 5.32 Å². The average molecular weight is 447 g/mol. The van der Waals surface area contributed by atoms with Crippen molar-refractivity contribution in [2.45, 2.75) is 38.6 Å². The number of aryl methyl sites for hydroxylation is 1. The van der Waals surface area contributed by atoms with Gasteiger partial charge in [0.1, 0.15) is 5.69 Å². The molecule has 5 rings (SSSR count). The number of rotatable bonds is 6. The number of hydrogen-bond donors (Lipinski definition) is 2. The molecule has 0 unspecified atom stereocenters. The van der Waals surface area contributed by atoms with Gasteiger partial charge in [-0.3, -0.25) is 9.48 Å². The molecule has 0 spiro atoms. The highest BCUT2D eigenvalue weighted by Crippen LogP contribution is 2.33. The molecule has 0 bridgehead atoms. The Morgan fingerprint density at radius 2 is 1.85 bits per heavy atom. The summed E-state index contributed by atoms with van der Waals surface area (Å²) in [6.07, 6.45) is 10.8. The smallest absolute Gasteiger partial charge is 0.354 e. The van der Waals surface area contributed by atoms with Crippen LogP contribution in [0.2, 0.25) is 0 Å². The lowest BCUT2D eigenvalue weighted by atomic mass is 10.0. The van der Waals surface area contributed by atoms with Gasteiger partial charge < -0.3 is 15.3 Å². The van der Waals surface area contributed by atoms with E-state index >= 15 is 0 Å². The van der Waals surface area contributed by atoms with Crippen LogP contribution in [0, 0.1) is 12.8 Å². The summed E-state index contributed by atoms with van der Waals surface area (Å²) in [6, 6.07) is 3.41. The van der Waals surface area contributed by atoms with Crippen LogP contribution in [0.3, 0.4) is 0 Å². The number of nitrogens with one attached hydrogen (secondary N) is 1. The largest absolute Gasteiger partial charge is 0.477 e. The van der Waals surface area contributed by atoms with Gasteiger partial charge in [-0.1, -0.05) is 0 Å². The third-order valence-corrected chi connectivity index (χ3v) is 6.16. The number of aromatic carboxylic acids is 1. The van der Waals surface area contributed by atoms with Crippen LogP contribution in [0.5, 0.6) is 0 Å². The Balaban J connectivity index is 1.25. The molecule has 1 aliphatic carbocycles. The number of carboxylic acids is 1. The molecule has 3 aromatic rings. The number of pyridine rings is 1. The van der Waals surface area contributed by atoms with E-state index in [1.54, 1.807) is 18.5 Å². The third kappa shape index (κ3) is 4.55. The fourth-order valence-electron chi connectivity index (χ4n) is 4.13. The maximum atomic E-state index is 12.3. The lowest BCUT2D eigenvalue weighted by molar-refractivity contribution is -0.133. The minimum Gasteiger partial charge on any atom is -0.477 e. The Hall–Kier alpha value is -3.82. The fraction of sp³-hybridized carbons (Fsp3) is 0.391. The number of likely N-dealkylation sites (tertiary alicyclic amines) is 1. The summed E-state index contributed by atoms with van der Waals surface area (Å²) >= 11 is 0. The normalized spacial score (nSPS) is 16.6. The molecule has 2 fully saturated rings. The molecule has 2 N–H and O–H groups in total. The van der Waals surface area contributed by atoms with Gasteiger partial charge >= 0.3 is 5.97 Å². The Morgan fingerprint density at radius 3 is 2.52 bits per heavy atom. The van der Waals surface area contributed by atoms with Crippen molar-refractivity contribution in [2.75, 3.05) is 18.4 Å². The molecule has 0 aromatic carbocycles. The van der Waals surface area contributed by atoms with E-state index in [4.69, 9.17) is 5.11 Å². The van der Waals surface area contributed by atoms with Crippen molar-refractivity contribution in [2.24, 2.45) is 5.92 Å². The number of hydrogen-bond acceptors (Lipinski definition) is 7. The molecule has 1 saturated heterocycles. The lowest BCUT2D eigenvalue weighted by Gasteiger charge is -2.32. The highest BCUT2D eigenvalue weighted by atomic mass is 16.4. The van der Waals surface area contributed by atoms with Gasteiger partial charge in [-0.05, 0) is 50.3 Å². The zero-order valence-corrected chi connectivity index (χ0v) is 18.3. The van der Waals surface area contributed by atoms with E-state index < -0.39 is 5.97 Å². The van der Waals surface area contributed by atoms with E-state index in [2.05, 4.69) is 25.4 Å². The topological polar surface area (TPSA) is 126 Å². The molecule has 3 aromatic heterocycles. The number of piperidine rings is 1. The van der Waals surface area contributed by atoms with Crippen LogP contribution in [0.25, 0.3) is 11.3 Å². The molecular formula is C23H25N7O3. The van der Waals surface area contributed by atoms with Crippen LogP contribution >= 0.6 is 0 Å². The van der Waals surface area contributed by atoms with Gasteiger partial charge in [-0.2, -0.15) is 5.10 Å². The van der Waals surface area contributed by atoms with E-state index in [-0.39, 0.29) is 17.7 Å². The van der Waals surface area contributed by atoms with Crippen LogP contribution in [0.4, 0.5) is 11.6 Å². The van der Waals surface area contributed by atoms with E-state index in [0.29, 0.717) is 23.1 Å². The van der Waals surface area contributed by atoms with Crippen LogP contribution in [-0.4, -0.2) is 59.7 Å². The SMILES string of the molecule is Cc1cnc(Nc2cnn(C3CCN(C(=O)C4CC4)CC3)c2)nc1-c1ccc(C(=O)O)nc1. The number of carboxylic acid groups (broad SMARTS) is 1. The second-order valence-electron chi connectivity index (χ2n) is 8.63. The predicted octanol–water partition coefficient (Wildman–Crippen LogP) is 3.06. The number of anilines is 2. The first-order valence-corrected chi connectivity index (χ1v) is 11.1. The first-order chi connectivity index (χ1) is 16.0. The summed E-state index contributed by atoms with van der Waals surface area (Å²) in [7, 11) is 0. The Bertz CT molecular complexity index is 1180. The minimum absolute atomic E-state index is 0.0149. The second-order valence-corrected chi connectivity index (χ2v) is 8.63. The minimum atomic E-state index is -1.07. The number of aromatic nitrogens is 5. The molecular weight excluding hydrogens is 422 g/mol. The first-order valence-electron chi connectivity index (χ1n) is 11.1. The average Bonchev–Trinajstić information content (AvgIpc) is 3.58. The molecule has 4 heterocycles. The van der Waals surface area contributed by atoms with E-state index in [0.717, 1.165) is 50.0 Å². The van der Waals surface area contributed by atoms with Gasteiger partial charge in [0.2, 0.25) is 11.9 Å². The number of carbonyl (C=O) groups is 2. The van der Waals surface area contributed by atoms with Crippen molar-refractivity contribution in [3.05, 3.63) is 48.2 Å². The molecule has 33 heavy (non-hydrogen) atoms. The number of carbonyl (C=O) groups excluding carboxylic acids is 1. The zero-order valence-electron chi connectivity index (χ0n) is 18.3. The zero-order chi connectivity index (χ0) is 22.9. The van der Waals surface area contributed by atoms with Crippen molar-refractivity contribution in [1.82, 2.24) is 29.6 Å². The van der Waals surface area contributed by atoms with Gasteiger partial charge in [0.05, 0.1) is 23.6 Å². The third-order valence-electron chi connectivity index (χ3n) is 6.16. The second kappa shape index (κ2) is 8.61. The van der Waals surface area contributed by atoms with E-state index in [1.807, 2.05) is 22.7 Å². The number of amides is 1. The van der Waals surface area contributed by atoms with Crippen molar-refractivity contribution < 1.29 is 14.7 Å². The molecule has 170 valence electrons. The van der Waals surface area contributed by atoms with Crippen molar-refractivity contribution in [1.29, 1.82) is 0 Å². The van der Waals surface area contributed by atoms with E-state index in [9.17, 15) is 9.59 Å². The van der Waals surface area contributed by atoms with Crippen LogP contribution in [-0.2, 0) is 4.79 Å². The Kier molecular flexibility index (Phi) is 5.49. The van der Waals surface area contributed by atoms with Crippen molar-refractivity contribution in [3.8, 4) is 11.3 Å². The molecule has 1 saturated carbocycles. The molecule has 0 atom stereocenters. The highest BCUT2D eigenvalue weighted by Gasteiger charge is 2.35. The van der Waals surface area contributed by atoms with Crippen molar-refractivity contribution >= 4 is 23.5 Å². The maximum Gasteiger partial charge on any atom is 0.354 e. The summed E-state index contributed by atoms with van der Waals surface area (Å²) in [6.45, 7) is 3.45. The summed E-state index contributed by atoms with van der Waals surface area (Å²) in [5.74, 6) is -0.0634. The van der Waals surface area contributed by atoms with Gasteiger partial charge in [0, 0.05) is 43.2 Å². The molecule has 0 radical (unpaired) electrons. The lowest BCUT2D eigenvalue weighted by Crippen LogP contribution is -2.39. The van der Waals surface area contributed by atoms with Gasteiger partial charge in [-0.25, -0.2) is 19.7 Å². The van der Waals surface area contributed by atoms with Crippen LogP contribution in [0.15, 0.2) is 36.9 Å². The molecule has 2 aliphatic rings. The van der Waals surface area contributed by atoms with Gasteiger partial charge in [0.25, 0.3) is 0 Å². The summed E-state index contributed by atoms with van der Waals surface area (Å²) in [5, 5.41) is 16.7. The predicted molar refractivity (Wildman–Crippen MR) is 120 cm³/mol. The number of nitrogens with zero attached hydrogens (tertiary/aromatic N) is 6. The standard InChI is InChI=1S/C23H25N7O3/c1-14-10-25-23(28-20(14)16-4-5-19(22(32)33)24-11-16)27-17-12-26-30(13-17)18-6-8-29(9-7-18)21(31)15-2-3-15/h4-5,10-13,15,18H,2-3,6-9H2,1H3,(H,32,33)(H,25,27,28). The highest BCUT2D eigenvalue weighted by molar-refractivity contribution is 5.85. The Morgan fingerprint density at radius 1 is 1.06 bits per heavy atom. The fourth-order valence-corrected chi connectivity index (χ4v) is 4.13. The molecule has 1 aliphatic heterocycles. The first kappa shape index (κ1) is 21.0. The quantitative estimate of drug-likeness (QED) is 0.590. The molecule has 10 heteroatoms. The van der Waals surface area contributed by atoms with Crippen LogP contribution in [0.1, 0.15) is 47.8 Å². The molecule has 10 nitrogen and oxygen atoms in total. The summed E-state index contributed by atoms with van der Waals surface area (Å²) in [5.41, 5.74) is 3.01.